The van der Waals surface area contributed by atoms with E-state index in [1.165, 1.54) is 29.7 Å². The smallest absolute Gasteiger partial charge is 0.263 e. The van der Waals surface area contributed by atoms with Crippen LogP contribution in [0.1, 0.15) is 5.56 Å². The molecule has 1 aromatic carbocycles. The summed E-state index contributed by atoms with van der Waals surface area (Å²) in [7, 11) is -4.14. The second kappa shape index (κ2) is 6.03. The second-order valence-electron chi connectivity index (χ2n) is 4.62. The normalized spacial score (nSPS) is 11.2. The van der Waals surface area contributed by atoms with E-state index in [4.69, 9.17) is 5.26 Å². The van der Waals surface area contributed by atoms with E-state index in [1.54, 1.807) is 11.6 Å². The number of nitrogens with zero attached hydrogens (tertiary/aromatic N) is 2. The maximum atomic E-state index is 13.8. The number of aromatic amines is 1. The Morgan fingerprint density at radius 3 is 2.71 bits per heavy atom. The lowest BCUT2D eigenvalue weighted by Crippen LogP contribution is -2.13. The number of anilines is 1. The van der Waals surface area contributed by atoms with Crippen molar-refractivity contribution in [1.29, 1.82) is 5.26 Å². The molecule has 122 valence electrons. The van der Waals surface area contributed by atoms with Crippen LogP contribution in [0.25, 0.3) is 10.7 Å². The number of thiazole rings is 1. The molecule has 0 aliphatic heterocycles. The second-order valence-corrected chi connectivity index (χ2v) is 7.19. The van der Waals surface area contributed by atoms with Crippen molar-refractivity contribution in [2.45, 2.75) is 4.90 Å². The summed E-state index contributed by atoms with van der Waals surface area (Å²) in [6.07, 6.45) is 2.79. The first kappa shape index (κ1) is 16.1. The van der Waals surface area contributed by atoms with E-state index in [0.29, 0.717) is 22.8 Å². The van der Waals surface area contributed by atoms with Gasteiger partial charge in [0.05, 0.1) is 16.9 Å². The van der Waals surface area contributed by atoms with E-state index in [1.807, 2.05) is 4.72 Å². The molecule has 2 aromatic heterocycles. The number of nitriles is 1. The predicted molar refractivity (Wildman–Crippen MR) is 83.8 cm³/mol. The van der Waals surface area contributed by atoms with Crippen molar-refractivity contribution in [3.8, 4) is 16.8 Å². The molecule has 2 N–H and O–H groups in total. The number of aromatic nitrogens is 2. The van der Waals surface area contributed by atoms with Gasteiger partial charge in [-0.25, -0.2) is 22.2 Å². The van der Waals surface area contributed by atoms with Crippen LogP contribution >= 0.6 is 11.3 Å². The number of H-pyrrole nitrogens is 1. The first-order valence-electron chi connectivity index (χ1n) is 6.41. The third-order valence-electron chi connectivity index (χ3n) is 3.05. The summed E-state index contributed by atoms with van der Waals surface area (Å²) < 4.78 is 54.0. The van der Waals surface area contributed by atoms with Crippen molar-refractivity contribution in [3.05, 3.63) is 53.2 Å². The van der Waals surface area contributed by atoms with Gasteiger partial charge in [-0.2, -0.15) is 5.26 Å². The van der Waals surface area contributed by atoms with E-state index < -0.39 is 32.9 Å². The Balaban J connectivity index is 1.93. The fraction of sp³-hybridized carbons (Fsp3) is 0. The average Bonchev–Trinajstić information content (AvgIpc) is 3.20. The zero-order chi connectivity index (χ0) is 17.3. The van der Waals surface area contributed by atoms with Gasteiger partial charge in [0.25, 0.3) is 10.0 Å². The number of hydrogen-bond donors (Lipinski definition) is 2. The predicted octanol–water partition coefficient (Wildman–Crippen LogP) is 3.09. The molecule has 0 radical (unpaired) electrons. The highest BCUT2D eigenvalue weighted by Crippen LogP contribution is 2.26. The van der Waals surface area contributed by atoms with E-state index in [-0.39, 0.29) is 4.90 Å². The number of rotatable bonds is 4. The van der Waals surface area contributed by atoms with Crippen molar-refractivity contribution >= 4 is 27.0 Å². The van der Waals surface area contributed by atoms with E-state index in [0.717, 1.165) is 0 Å². The van der Waals surface area contributed by atoms with E-state index in [2.05, 4.69) is 9.97 Å². The van der Waals surface area contributed by atoms with Gasteiger partial charge in [-0.05, 0) is 12.1 Å². The topological polar surface area (TPSA) is 98.6 Å². The molecular weight excluding hydrogens is 358 g/mol. The van der Waals surface area contributed by atoms with Crippen molar-refractivity contribution in [2.75, 3.05) is 4.72 Å². The summed E-state index contributed by atoms with van der Waals surface area (Å²) in [6, 6.07) is 4.06. The maximum absolute atomic E-state index is 13.8. The standard InChI is InChI=1S/C14H8F2N4O2S2/c15-10-5-12(11(16)3-8(10)6-17)20-24(21,22)9-4-13(19-7-9)14-18-1-2-23-14/h1-5,7,19-20H. The van der Waals surface area contributed by atoms with Crippen LogP contribution in [0.4, 0.5) is 14.5 Å². The molecule has 0 unspecified atom stereocenters. The minimum Gasteiger partial charge on any atom is -0.358 e. The number of sulfonamides is 1. The first-order chi connectivity index (χ1) is 11.4. The molecule has 6 nitrogen and oxygen atoms in total. The lowest BCUT2D eigenvalue weighted by Gasteiger charge is -2.08. The Morgan fingerprint density at radius 1 is 1.25 bits per heavy atom. The third-order valence-corrected chi connectivity index (χ3v) is 5.20. The Bertz CT molecular complexity index is 1040. The fourth-order valence-electron chi connectivity index (χ4n) is 1.92. The van der Waals surface area contributed by atoms with Gasteiger partial charge in [0.1, 0.15) is 27.6 Å². The minimum atomic E-state index is -4.14. The van der Waals surface area contributed by atoms with Gasteiger partial charge >= 0.3 is 0 Å². The Kier molecular flexibility index (Phi) is 4.04. The fourth-order valence-corrected chi connectivity index (χ4v) is 3.59. The van der Waals surface area contributed by atoms with Crippen molar-refractivity contribution < 1.29 is 17.2 Å². The zero-order valence-electron chi connectivity index (χ0n) is 11.7. The highest BCUT2D eigenvalue weighted by atomic mass is 32.2. The van der Waals surface area contributed by atoms with Gasteiger partial charge in [-0.15, -0.1) is 11.3 Å². The zero-order valence-corrected chi connectivity index (χ0v) is 13.4. The van der Waals surface area contributed by atoms with Crippen LogP contribution in [0.5, 0.6) is 0 Å². The maximum Gasteiger partial charge on any atom is 0.263 e. The highest BCUT2D eigenvalue weighted by molar-refractivity contribution is 7.92. The molecule has 3 aromatic rings. The number of halogens is 2. The number of benzene rings is 1. The van der Waals surface area contributed by atoms with Crippen LogP contribution < -0.4 is 4.72 Å². The molecule has 0 aliphatic rings. The molecule has 0 aliphatic carbocycles. The third kappa shape index (κ3) is 2.99. The van der Waals surface area contributed by atoms with Crippen LogP contribution in [0, 0.1) is 23.0 Å². The SMILES string of the molecule is N#Cc1cc(F)c(NS(=O)(=O)c2c[nH]c(-c3nccs3)c2)cc1F. The van der Waals surface area contributed by atoms with Gasteiger partial charge in [-0.3, -0.25) is 4.72 Å². The Labute approximate surface area is 139 Å². The van der Waals surface area contributed by atoms with Crippen LogP contribution in [0.3, 0.4) is 0 Å². The molecule has 0 amide bonds. The molecule has 0 atom stereocenters. The summed E-state index contributed by atoms with van der Waals surface area (Å²) in [4.78, 5) is 6.65. The van der Waals surface area contributed by atoms with E-state index in [9.17, 15) is 17.2 Å². The number of nitrogens with one attached hydrogen (secondary N) is 2. The van der Waals surface area contributed by atoms with Crippen molar-refractivity contribution in [1.82, 2.24) is 9.97 Å². The van der Waals surface area contributed by atoms with Gasteiger partial charge in [0.15, 0.2) is 0 Å². The summed E-state index contributed by atoms with van der Waals surface area (Å²) >= 11 is 1.31. The van der Waals surface area contributed by atoms with Gasteiger partial charge in [-0.1, -0.05) is 0 Å². The Morgan fingerprint density at radius 2 is 2.04 bits per heavy atom. The molecular formula is C14H8F2N4O2S2. The van der Waals surface area contributed by atoms with Crippen molar-refractivity contribution in [2.24, 2.45) is 0 Å². The van der Waals surface area contributed by atoms with Crippen LogP contribution in [0.2, 0.25) is 0 Å². The largest absolute Gasteiger partial charge is 0.358 e. The Hall–Kier alpha value is -2.77. The monoisotopic (exact) mass is 366 g/mol. The molecule has 10 heteroatoms. The summed E-state index contributed by atoms with van der Waals surface area (Å²) in [5, 5.41) is 11.0. The molecule has 0 saturated heterocycles. The van der Waals surface area contributed by atoms with Gasteiger partial charge < -0.3 is 4.98 Å². The molecule has 3 rings (SSSR count). The summed E-state index contributed by atoms with van der Waals surface area (Å²) in [6.45, 7) is 0. The highest BCUT2D eigenvalue weighted by Gasteiger charge is 2.20. The summed E-state index contributed by atoms with van der Waals surface area (Å²) in [5.41, 5.74) is -0.608. The van der Waals surface area contributed by atoms with E-state index >= 15 is 0 Å². The van der Waals surface area contributed by atoms with Gasteiger partial charge in [0.2, 0.25) is 0 Å². The van der Waals surface area contributed by atoms with Crippen LogP contribution in [-0.4, -0.2) is 18.4 Å². The lowest BCUT2D eigenvalue weighted by atomic mass is 10.2. The van der Waals surface area contributed by atoms with Crippen LogP contribution in [-0.2, 0) is 10.0 Å². The average molecular weight is 366 g/mol. The first-order valence-corrected chi connectivity index (χ1v) is 8.77. The van der Waals surface area contributed by atoms with Crippen LogP contribution in [0.15, 0.2) is 40.9 Å². The quantitative estimate of drug-likeness (QED) is 0.741. The molecule has 0 fully saturated rings. The minimum absolute atomic E-state index is 0.156. The van der Waals surface area contributed by atoms with Crippen molar-refractivity contribution in [3.63, 3.8) is 0 Å². The molecule has 0 spiro atoms. The lowest BCUT2D eigenvalue weighted by molar-refractivity contribution is 0.593. The van der Waals surface area contributed by atoms with Gasteiger partial charge in [0, 0.05) is 23.8 Å². The number of hydrogen-bond acceptors (Lipinski definition) is 5. The summed E-state index contributed by atoms with van der Waals surface area (Å²) in [5.74, 6) is -2.07. The molecule has 0 bridgehead atoms. The molecule has 24 heavy (non-hydrogen) atoms. The molecule has 0 saturated carbocycles. The molecule has 2 heterocycles.